The Bertz CT molecular complexity index is 616. The Labute approximate surface area is 208 Å². The van der Waals surface area contributed by atoms with Gasteiger partial charge in [0.15, 0.2) is 0 Å². The van der Waals surface area contributed by atoms with E-state index in [-0.39, 0.29) is 24.8 Å². The Morgan fingerprint density at radius 3 is 1.97 bits per heavy atom. The predicted octanol–water partition coefficient (Wildman–Crippen LogP) is 2.31. The molecular formula is C25H47NO9. The molecule has 0 aromatic carbocycles. The highest BCUT2D eigenvalue weighted by molar-refractivity contribution is 5.82. The van der Waals surface area contributed by atoms with Gasteiger partial charge in [0.25, 0.3) is 0 Å². The van der Waals surface area contributed by atoms with Crippen molar-refractivity contribution in [1.29, 1.82) is 0 Å². The fourth-order valence-electron chi connectivity index (χ4n) is 4.01. The fraction of sp³-hybridized carbons (Fsp3) is 0.880. The molecule has 35 heavy (non-hydrogen) atoms. The number of hydrogen-bond donors (Lipinski definition) is 6. The van der Waals surface area contributed by atoms with Crippen molar-refractivity contribution in [3.05, 3.63) is 0 Å². The minimum atomic E-state index is -1.38. The highest BCUT2D eigenvalue weighted by Crippen LogP contribution is 2.24. The van der Waals surface area contributed by atoms with Crippen molar-refractivity contribution in [3.8, 4) is 0 Å². The van der Waals surface area contributed by atoms with E-state index in [1.54, 1.807) is 0 Å². The molecule has 0 aromatic heterocycles. The van der Waals surface area contributed by atoms with Crippen LogP contribution >= 0.6 is 0 Å². The number of carboxylic acid groups (broad SMARTS) is 2. The summed E-state index contributed by atoms with van der Waals surface area (Å²) in [4.78, 5) is 34.5. The van der Waals surface area contributed by atoms with Crippen molar-refractivity contribution in [3.63, 3.8) is 0 Å². The molecule has 0 heterocycles. The van der Waals surface area contributed by atoms with E-state index >= 15 is 0 Å². The summed E-state index contributed by atoms with van der Waals surface area (Å²) in [5, 5.41) is 48.1. The minimum Gasteiger partial charge on any atom is -0.481 e. The van der Waals surface area contributed by atoms with Gasteiger partial charge in [0.05, 0.1) is 37.1 Å². The van der Waals surface area contributed by atoms with Crippen molar-refractivity contribution in [2.24, 2.45) is 23.5 Å². The summed E-state index contributed by atoms with van der Waals surface area (Å²) in [5.41, 5.74) is 5.35. The zero-order valence-electron chi connectivity index (χ0n) is 21.5. The molecule has 206 valence electrons. The van der Waals surface area contributed by atoms with Gasteiger partial charge in [0, 0.05) is 13.0 Å². The summed E-state index contributed by atoms with van der Waals surface area (Å²) in [6.45, 7) is 5.91. The predicted molar refractivity (Wildman–Crippen MR) is 131 cm³/mol. The van der Waals surface area contributed by atoms with Crippen LogP contribution in [0.3, 0.4) is 0 Å². The van der Waals surface area contributed by atoms with Gasteiger partial charge in [0.2, 0.25) is 0 Å². The first-order valence-electron chi connectivity index (χ1n) is 12.8. The van der Waals surface area contributed by atoms with Gasteiger partial charge in [-0.15, -0.1) is 0 Å². The van der Waals surface area contributed by atoms with Crippen LogP contribution in [0.2, 0.25) is 0 Å². The van der Waals surface area contributed by atoms with Crippen LogP contribution in [0.1, 0.15) is 91.4 Å². The molecule has 0 fully saturated rings. The average molecular weight is 506 g/mol. The number of aliphatic hydroxyl groups is 3. The molecule has 0 spiro atoms. The molecule has 0 aromatic rings. The molecule has 10 heteroatoms. The van der Waals surface area contributed by atoms with Crippen molar-refractivity contribution >= 4 is 17.9 Å². The molecule has 7 N–H and O–H groups in total. The molecule has 7 atom stereocenters. The second kappa shape index (κ2) is 18.5. The Morgan fingerprint density at radius 2 is 1.46 bits per heavy atom. The largest absolute Gasteiger partial charge is 0.481 e. The van der Waals surface area contributed by atoms with E-state index < -0.39 is 61.1 Å². The summed E-state index contributed by atoms with van der Waals surface area (Å²) >= 11 is 0. The van der Waals surface area contributed by atoms with Crippen LogP contribution in [-0.4, -0.2) is 74.4 Å². The number of aliphatic hydroxyl groups excluding tert-OH is 3. The number of nitrogens with two attached hydrogens (primary N) is 1. The summed E-state index contributed by atoms with van der Waals surface area (Å²) in [6, 6.07) is 0. The maximum Gasteiger partial charge on any atom is 0.307 e. The Hall–Kier alpha value is -1.75. The van der Waals surface area contributed by atoms with Crippen LogP contribution in [-0.2, 0) is 19.1 Å². The number of esters is 1. The third-order valence-corrected chi connectivity index (χ3v) is 6.51. The first-order chi connectivity index (χ1) is 16.4. The molecule has 0 aliphatic heterocycles. The van der Waals surface area contributed by atoms with Crippen LogP contribution in [0.5, 0.6) is 0 Å². The molecule has 0 radical (unpaired) electrons. The number of hydrogen-bond acceptors (Lipinski definition) is 8. The van der Waals surface area contributed by atoms with Crippen LogP contribution in [0.15, 0.2) is 0 Å². The lowest BCUT2D eigenvalue weighted by Crippen LogP contribution is -2.38. The van der Waals surface area contributed by atoms with E-state index in [4.69, 9.17) is 15.6 Å². The van der Waals surface area contributed by atoms with Crippen LogP contribution < -0.4 is 5.73 Å². The Kier molecular flexibility index (Phi) is 17.6. The maximum atomic E-state index is 12.4. The summed E-state index contributed by atoms with van der Waals surface area (Å²) < 4.78 is 5.48. The standard InChI is InChI=1S/C25H47NO9/c1-4-17(3)24(32)21(35-23(31)13-18(25(33)34)12-22(29)30)11-16(2)9-7-5-6-8-10-19(27)14-20(28)15-26/h16-21,24,27-28,32H,4-15,26H2,1-3H3,(H,29,30)(H,33,34)/t16-,17+,18+,19+,20-,21-,24+/m0/s1. The number of carbonyl (C=O) groups excluding carboxylic acids is 1. The molecule has 0 aliphatic rings. The van der Waals surface area contributed by atoms with Gasteiger partial charge >= 0.3 is 17.9 Å². The maximum absolute atomic E-state index is 12.4. The van der Waals surface area contributed by atoms with E-state index in [9.17, 15) is 34.8 Å². The number of ether oxygens (including phenoxy) is 1. The van der Waals surface area contributed by atoms with Crippen LogP contribution in [0.25, 0.3) is 0 Å². The molecule has 0 amide bonds. The van der Waals surface area contributed by atoms with Gasteiger partial charge < -0.3 is 36.0 Å². The van der Waals surface area contributed by atoms with Gasteiger partial charge in [-0.2, -0.15) is 0 Å². The SMILES string of the molecule is CC[C@@H](C)[C@@H](O)[C@H](C[C@@H](C)CCCCCC[C@@H](O)C[C@H](O)CN)OC(=O)C[C@@H](CC(=O)O)C(=O)O. The molecule has 0 saturated carbocycles. The van der Waals surface area contributed by atoms with E-state index in [0.717, 1.165) is 32.1 Å². The summed E-state index contributed by atoms with van der Waals surface area (Å²) in [7, 11) is 0. The minimum absolute atomic E-state index is 0.126. The van der Waals surface area contributed by atoms with Crippen molar-refractivity contribution in [2.75, 3.05) is 6.54 Å². The smallest absolute Gasteiger partial charge is 0.307 e. The van der Waals surface area contributed by atoms with Gasteiger partial charge in [-0.3, -0.25) is 14.4 Å². The lowest BCUT2D eigenvalue weighted by Gasteiger charge is -2.29. The van der Waals surface area contributed by atoms with Crippen LogP contribution in [0, 0.1) is 17.8 Å². The first-order valence-corrected chi connectivity index (χ1v) is 12.8. The zero-order chi connectivity index (χ0) is 27.0. The average Bonchev–Trinajstić information content (AvgIpc) is 2.78. The molecule has 0 aliphatic carbocycles. The lowest BCUT2D eigenvalue weighted by molar-refractivity contribution is -0.163. The van der Waals surface area contributed by atoms with Gasteiger partial charge in [-0.1, -0.05) is 59.3 Å². The van der Waals surface area contributed by atoms with Crippen LogP contribution in [0.4, 0.5) is 0 Å². The third kappa shape index (κ3) is 15.8. The lowest BCUT2D eigenvalue weighted by atomic mass is 9.89. The first kappa shape index (κ1) is 33.2. The Morgan fingerprint density at radius 1 is 0.857 bits per heavy atom. The van der Waals surface area contributed by atoms with Gasteiger partial charge in [-0.05, 0) is 24.7 Å². The molecular weight excluding hydrogens is 458 g/mol. The molecule has 0 bridgehead atoms. The van der Waals surface area contributed by atoms with E-state index in [0.29, 0.717) is 19.3 Å². The highest BCUT2D eigenvalue weighted by atomic mass is 16.6. The van der Waals surface area contributed by atoms with E-state index in [1.165, 1.54) is 0 Å². The van der Waals surface area contributed by atoms with E-state index in [1.807, 2.05) is 20.8 Å². The van der Waals surface area contributed by atoms with Crippen molar-refractivity contribution in [1.82, 2.24) is 0 Å². The molecule has 0 rings (SSSR count). The van der Waals surface area contributed by atoms with Gasteiger partial charge in [-0.25, -0.2) is 0 Å². The quantitative estimate of drug-likeness (QED) is 0.0997. The normalized spacial score (nSPS) is 17.6. The second-order valence-electron chi connectivity index (χ2n) is 9.85. The molecule has 0 unspecified atom stereocenters. The number of carbonyl (C=O) groups is 3. The third-order valence-electron chi connectivity index (χ3n) is 6.51. The van der Waals surface area contributed by atoms with Gasteiger partial charge in [0.1, 0.15) is 6.10 Å². The number of unbranched alkanes of at least 4 members (excludes halogenated alkanes) is 3. The monoisotopic (exact) mass is 505 g/mol. The fourth-order valence-corrected chi connectivity index (χ4v) is 4.01. The number of rotatable bonds is 21. The number of carboxylic acids is 2. The van der Waals surface area contributed by atoms with Crippen molar-refractivity contribution in [2.45, 2.75) is 116 Å². The second-order valence-corrected chi connectivity index (χ2v) is 9.85. The zero-order valence-corrected chi connectivity index (χ0v) is 21.5. The number of aliphatic carboxylic acids is 2. The summed E-state index contributed by atoms with van der Waals surface area (Å²) in [6.07, 6.45) is 2.37. The highest BCUT2D eigenvalue weighted by Gasteiger charge is 2.31. The Balaban J connectivity index is 4.65. The molecule has 0 saturated heterocycles. The van der Waals surface area contributed by atoms with E-state index in [2.05, 4.69) is 0 Å². The summed E-state index contributed by atoms with van der Waals surface area (Å²) in [5.74, 6) is -4.87. The van der Waals surface area contributed by atoms with Crippen molar-refractivity contribution < 1.29 is 44.7 Å². The topological polar surface area (TPSA) is 188 Å². The molecule has 10 nitrogen and oxygen atoms in total.